The summed E-state index contributed by atoms with van der Waals surface area (Å²) in [6.07, 6.45) is 2.56. The molecular formula is C17H18N6. The van der Waals surface area contributed by atoms with Gasteiger partial charge in [0.25, 0.3) is 0 Å². The van der Waals surface area contributed by atoms with E-state index in [9.17, 15) is 0 Å². The highest BCUT2D eigenvalue weighted by atomic mass is 15.2. The molecule has 0 spiro atoms. The van der Waals surface area contributed by atoms with Crippen LogP contribution in [-0.2, 0) is 13.0 Å². The zero-order valence-corrected chi connectivity index (χ0v) is 13.0. The third-order valence-corrected chi connectivity index (χ3v) is 4.08. The molecule has 3 heterocycles. The fourth-order valence-electron chi connectivity index (χ4n) is 2.87. The van der Waals surface area contributed by atoms with E-state index in [1.54, 1.807) is 6.33 Å². The second kappa shape index (κ2) is 5.72. The van der Waals surface area contributed by atoms with Crippen LogP contribution in [0.2, 0.25) is 0 Å². The quantitative estimate of drug-likeness (QED) is 0.778. The molecule has 0 saturated heterocycles. The van der Waals surface area contributed by atoms with Gasteiger partial charge in [0, 0.05) is 48.2 Å². The number of para-hydroxylation sites is 1. The molecule has 0 bridgehead atoms. The lowest BCUT2D eigenvalue weighted by Gasteiger charge is -2.28. The topological polar surface area (TPSA) is 69.7 Å². The van der Waals surface area contributed by atoms with E-state index >= 15 is 0 Å². The Morgan fingerprint density at radius 3 is 2.87 bits per heavy atom. The highest BCUT2D eigenvalue weighted by molar-refractivity contribution is 5.61. The SMILES string of the molecule is Cc1cc(N2CCc3[nH]nc(Nc4ccccc4)c3C2)ncn1. The number of fused-ring (bicyclic) bond motifs is 1. The molecule has 3 aromatic rings. The van der Waals surface area contributed by atoms with E-state index in [4.69, 9.17) is 0 Å². The lowest BCUT2D eigenvalue weighted by atomic mass is 10.1. The van der Waals surface area contributed by atoms with E-state index in [2.05, 4.69) is 30.4 Å². The van der Waals surface area contributed by atoms with E-state index in [1.807, 2.05) is 43.3 Å². The normalized spacial score (nSPS) is 13.7. The molecule has 0 amide bonds. The summed E-state index contributed by atoms with van der Waals surface area (Å²) in [5.74, 6) is 1.86. The summed E-state index contributed by atoms with van der Waals surface area (Å²) in [5.41, 5.74) is 4.43. The number of nitrogens with one attached hydrogen (secondary N) is 2. The standard InChI is InChI=1S/C17H18N6/c1-12-9-16(19-11-18-12)23-8-7-15-14(10-23)17(22-21-15)20-13-5-3-2-4-6-13/h2-6,9,11H,7-8,10H2,1H3,(H2,20,21,22). The molecule has 2 aromatic heterocycles. The van der Waals surface area contributed by atoms with Gasteiger partial charge in [-0.25, -0.2) is 9.97 Å². The molecule has 0 saturated carbocycles. The van der Waals surface area contributed by atoms with Crippen molar-refractivity contribution in [2.45, 2.75) is 19.9 Å². The van der Waals surface area contributed by atoms with E-state index < -0.39 is 0 Å². The Bertz CT molecular complexity index is 811. The third-order valence-electron chi connectivity index (χ3n) is 4.08. The van der Waals surface area contributed by atoms with Gasteiger partial charge in [0.2, 0.25) is 0 Å². The number of rotatable bonds is 3. The molecule has 1 aliphatic rings. The molecule has 116 valence electrons. The zero-order chi connectivity index (χ0) is 15.6. The number of aryl methyl sites for hydroxylation is 1. The average Bonchev–Trinajstić information content (AvgIpc) is 2.98. The molecular weight excluding hydrogens is 288 g/mol. The maximum Gasteiger partial charge on any atom is 0.157 e. The van der Waals surface area contributed by atoms with Crippen molar-refractivity contribution in [2.75, 3.05) is 16.8 Å². The van der Waals surface area contributed by atoms with Crippen molar-refractivity contribution >= 4 is 17.3 Å². The Labute approximate surface area is 134 Å². The third kappa shape index (κ3) is 2.75. The molecule has 6 heteroatoms. The predicted molar refractivity (Wildman–Crippen MR) is 89.8 cm³/mol. The lowest BCUT2D eigenvalue weighted by molar-refractivity contribution is 0.709. The first-order valence-corrected chi connectivity index (χ1v) is 7.71. The monoisotopic (exact) mass is 306 g/mol. The van der Waals surface area contributed by atoms with Gasteiger partial charge in [0.05, 0.1) is 0 Å². The highest BCUT2D eigenvalue weighted by Crippen LogP contribution is 2.28. The lowest BCUT2D eigenvalue weighted by Crippen LogP contribution is -2.31. The molecule has 0 radical (unpaired) electrons. The number of H-pyrrole nitrogens is 1. The summed E-state index contributed by atoms with van der Waals surface area (Å²) in [7, 11) is 0. The van der Waals surface area contributed by atoms with Crippen LogP contribution in [0.4, 0.5) is 17.3 Å². The van der Waals surface area contributed by atoms with Crippen LogP contribution in [0.15, 0.2) is 42.7 Å². The van der Waals surface area contributed by atoms with Gasteiger partial charge in [-0.15, -0.1) is 0 Å². The fraction of sp³-hybridized carbons (Fsp3) is 0.235. The Kier molecular flexibility index (Phi) is 3.42. The van der Waals surface area contributed by atoms with Crippen molar-refractivity contribution in [3.63, 3.8) is 0 Å². The molecule has 4 rings (SSSR count). The summed E-state index contributed by atoms with van der Waals surface area (Å²) in [6, 6.07) is 12.1. The van der Waals surface area contributed by atoms with Crippen molar-refractivity contribution in [3.05, 3.63) is 59.7 Å². The fourth-order valence-corrected chi connectivity index (χ4v) is 2.87. The average molecular weight is 306 g/mol. The smallest absolute Gasteiger partial charge is 0.157 e. The van der Waals surface area contributed by atoms with E-state index in [0.717, 1.165) is 42.5 Å². The van der Waals surface area contributed by atoms with Gasteiger partial charge in [-0.3, -0.25) is 5.10 Å². The second-order valence-electron chi connectivity index (χ2n) is 5.71. The van der Waals surface area contributed by atoms with E-state index in [1.165, 1.54) is 11.3 Å². The minimum absolute atomic E-state index is 0.789. The van der Waals surface area contributed by atoms with Gasteiger partial charge in [0.15, 0.2) is 5.82 Å². The van der Waals surface area contributed by atoms with E-state index in [0.29, 0.717) is 0 Å². The molecule has 0 atom stereocenters. The molecule has 1 aromatic carbocycles. The number of anilines is 3. The summed E-state index contributed by atoms with van der Waals surface area (Å²) in [4.78, 5) is 10.8. The number of aromatic amines is 1. The van der Waals surface area contributed by atoms with Gasteiger partial charge in [-0.1, -0.05) is 18.2 Å². The first kappa shape index (κ1) is 13.8. The molecule has 0 aliphatic carbocycles. The van der Waals surface area contributed by atoms with Gasteiger partial charge < -0.3 is 10.2 Å². The molecule has 2 N–H and O–H groups in total. The number of hydrogen-bond acceptors (Lipinski definition) is 5. The molecule has 6 nitrogen and oxygen atoms in total. The van der Waals surface area contributed by atoms with Crippen molar-refractivity contribution in [1.82, 2.24) is 20.2 Å². The van der Waals surface area contributed by atoms with Crippen LogP contribution in [0.3, 0.4) is 0 Å². The number of nitrogens with zero attached hydrogens (tertiary/aromatic N) is 4. The highest BCUT2D eigenvalue weighted by Gasteiger charge is 2.23. The molecule has 0 fully saturated rings. The van der Waals surface area contributed by atoms with Crippen LogP contribution in [-0.4, -0.2) is 26.7 Å². The number of hydrogen-bond donors (Lipinski definition) is 2. The number of benzene rings is 1. The van der Waals surface area contributed by atoms with Crippen molar-refractivity contribution in [3.8, 4) is 0 Å². The second-order valence-corrected chi connectivity index (χ2v) is 5.71. The largest absolute Gasteiger partial charge is 0.352 e. The van der Waals surface area contributed by atoms with Crippen LogP contribution in [0, 0.1) is 6.92 Å². The van der Waals surface area contributed by atoms with Crippen molar-refractivity contribution < 1.29 is 0 Å². The maximum atomic E-state index is 4.44. The van der Waals surface area contributed by atoms with Crippen molar-refractivity contribution in [2.24, 2.45) is 0 Å². The van der Waals surface area contributed by atoms with Crippen LogP contribution in [0.5, 0.6) is 0 Å². The Morgan fingerprint density at radius 1 is 1.17 bits per heavy atom. The number of aromatic nitrogens is 4. The summed E-state index contributed by atoms with van der Waals surface area (Å²) in [5, 5.41) is 11.0. The van der Waals surface area contributed by atoms with Crippen LogP contribution in [0.1, 0.15) is 17.0 Å². The minimum Gasteiger partial charge on any atom is -0.352 e. The van der Waals surface area contributed by atoms with E-state index in [-0.39, 0.29) is 0 Å². The molecule has 1 aliphatic heterocycles. The van der Waals surface area contributed by atoms with Crippen molar-refractivity contribution in [1.29, 1.82) is 0 Å². The first-order chi connectivity index (χ1) is 11.3. The van der Waals surface area contributed by atoms with Gasteiger partial charge in [-0.05, 0) is 19.1 Å². The Morgan fingerprint density at radius 2 is 2.04 bits per heavy atom. The zero-order valence-electron chi connectivity index (χ0n) is 13.0. The summed E-state index contributed by atoms with van der Waals surface area (Å²) >= 11 is 0. The van der Waals surface area contributed by atoms with Crippen LogP contribution < -0.4 is 10.2 Å². The minimum atomic E-state index is 0.789. The predicted octanol–water partition coefficient (Wildman–Crippen LogP) is 2.81. The Hall–Kier alpha value is -2.89. The Balaban J connectivity index is 1.60. The maximum absolute atomic E-state index is 4.44. The first-order valence-electron chi connectivity index (χ1n) is 7.71. The molecule has 23 heavy (non-hydrogen) atoms. The van der Waals surface area contributed by atoms with Gasteiger partial charge >= 0.3 is 0 Å². The summed E-state index contributed by atoms with van der Waals surface area (Å²) < 4.78 is 0. The van der Waals surface area contributed by atoms with Crippen LogP contribution in [0.25, 0.3) is 0 Å². The van der Waals surface area contributed by atoms with Gasteiger partial charge in [-0.2, -0.15) is 5.10 Å². The summed E-state index contributed by atoms with van der Waals surface area (Å²) in [6.45, 7) is 3.70. The van der Waals surface area contributed by atoms with Gasteiger partial charge in [0.1, 0.15) is 12.1 Å². The molecule has 0 unspecified atom stereocenters. The van der Waals surface area contributed by atoms with Crippen LogP contribution >= 0.6 is 0 Å².